The molecule has 4 nitrogen and oxygen atoms in total. The second-order valence-corrected chi connectivity index (χ2v) is 13.9. The molecule has 0 spiro atoms. The molecule has 214 valence electrons. The molecule has 0 fully saturated rings. The first-order valence-corrected chi connectivity index (χ1v) is 16.9. The molecule has 11 rings (SSSR count). The van der Waals surface area contributed by atoms with Gasteiger partial charge in [-0.05, 0) is 42.5 Å². The number of thiophene rings is 2. The number of nitrogens with zero attached hydrogens (tertiary/aromatic N) is 3. The van der Waals surface area contributed by atoms with Crippen LogP contribution in [0.2, 0.25) is 0 Å². The standard InChI is InChI=1S/C40H21N3OS2/c1-5-16-30-22(10-1)28-20-29-24-12-4-7-18-33(24)45-35(29)21-31(28)43(30)40-41-36-26-13-2-6-17-32(26)44-38(36)37(42-40)27-15-9-14-25-23-11-3-8-19-34(23)46-39(25)27/h1-21H. The number of rotatable bonds is 2. The van der Waals surface area contributed by atoms with Crippen molar-refractivity contribution in [2.45, 2.75) is 0 Å². The van der Waals surface area contributed by atoms with Crippen LogP contribution in [0.5, 0.6) is 0 Å². The van der Waals surface area contributed by atoms with Gasteiger partial charge in [-0.1, -0.05) is 84.9 Å². The molecule has 0 bridgehead atoms. The molecule has 6 heteroatoms. The summed E-state index contributed by atoms with van der Waals surface area (Å²) in [5.74, 6) is 0.638. The van der Waals surface area contributed by atoms with Crippen molar-refractivity contribution in [3.05, 3.63) is 127 Å². The minimum Gasteiger partial charge on any atom is -0.452 e. The highest BCUT2D eigenvalue weighted by Crippen LogP contribution is 2.44. The molecule has 0 aliphatic heterocycles. The van der Waals surface area contributed by atoms with Crippen LogP contribution in [0, 0.1) is 0 Å². The topological polar surface area (TPSA) is 43.9 Å². The van der Waals surface area contributed by atoms with Crippen LogP contribution < -0.4 is 0 Å². The Bertz CT molecular complexity index is 3050. The van der Waals surface area contributed by atoms with Gasteiger partial charge in [-0.3, -0.25) is 4.57 Å². The summed E-state index contributed by atoms with van der Waals surface area (Å²) in [5.41, 5.74) is 6.38. The summed E-state index contributed by atoms with van der Waals surface area (Å²) in [7, 11) is 0. The summed E-state index contributed by atoms with van der Waals surface area (Å²) in [6, 6.07) is 45.2. The zero-order valence-electron chi connectivity index (χ0n) is 24.2. The maximum atomic E-state index is 6.57. The third-order valence-corrected chi connectivity index (χ3v) is 11.6. The van der Waals surface area contributed by atoms with Gasteiger partial charge in [0.15, 0.2) is 5.58 Å². The second-order valence-electron chi connectivity index (χ2n) is 11.7. The molecular formula is C40H21N3OS2. The van der Waals surface area contributed by atoms with E-state index in [2.05, 4.69) is 114 Å². The van der Waals surface area contributed by atoms with Gasteiger partial charge >= 0.3 is 0 Å². The Morgan fingerprint density at radius 1 is 0.500 bits per heavy atom. The van der Waals surface area contributed by atoms with Gasteiger partial charge in [0.2, 0.25) is 5.95 Å². The second kappa shape index (κ2) is 9.01. The van der Waals surface area contributed by atoms with E-state index in [1.54, 1.807) is 11.3 Å². The van der Waals surface area contributed by atoms with Gasteiger partial charge in [0.05, 0.1) is 11.0 Å². The Kier molecular flexibility index (Phi) is 4.84. The summed E-state index contributed by atoms with van der Waals surface area (Å²) < 4.78 is 13.8. The Labute approximate surface area is 269 Å². The third kappa shape index (κ3) is 3.27. The van der Waals surface area contributed by atoms with Gasteiger partial charge in [0.1, 0.15) is 16.8 Å². The van der Waals surface area contributed by atoms with Gasteiger partial charge in [0, 0.05) is 62.1 Å². The quantitative estimate of drug-likeness (QED) is 0.192. The number of benzene rings is 6. The van der Waals surface area contributed by atoms with Crippen LogP contribution in [0.25, 0.3) is 101 Å². The highest BCUT2D eigenvalue weighted by molar-refractivity contribution is 7.26. The number of fused-ring (bicyclic) bond motifs is 12. The number of aromatic nitrogens is 3. The lowest BCUT2D eigenvalue weighted by molar-refractivity contribution is 0.666. The predicted molar refractivity (Wildman–Crippen MR) is 195 cm³/mol. The van der Waals surface area contributed by atoms with Crippen molar-refractivity contribution in [3.8, 4) is 17.2 Å². The van der Waals surface area contributed by atoms with E-state index in [1.807, 2.05) is 29.5 Å². The number of hydrogen-bond donors (Lipinski definition) is 0. The van der Waals surface area contributed by atoms with E-state index in [0.29, 0.717) is 11.5 Å². The predicted octanol–water partition coefficient (Wildman–Crippen LogP) is 11.9. The number of hydrogen-bond acceptors (Lipinski definition) is 5. The van der Waals surface area contributed by atoms with Crippen molar-refractivity contribution in [1.82, 2.24) is 14.5 Å². The molecule has 0 aliphatic carbocycles. The van der Waals surface area contributed by atoms with E-state index in [1.165, 1.54) is 51.1 Å². The molecule has 11 aromatic rings. The van der Waals surface area contributed by atoms with Gasteiger partial charge in [0.25, 0.3) is 0 Å². The third-order valence-electron chi connectivity index (χ3n) is 9.24. The van der Waals surface area contributed by atoms with Crippen LogP contribution >= 0.6 is 22.7 Å². The minimum absolute atomic E-state index is 0.638. The molecule has 0 saturated carbocycles. The maximum absolute atomic E-state index is 6.57. The molecule has 0 radical (unpaired) electrons. The first-order chi connectivity index (χ1) is 22.8. The Balaban J connectivity index is 1.29. The normalized spacial score (nSPS) is 12.3. The van der Waals surface area contributed by atoms with Crippen LogP contribution in [-0.4, -0.2) is 14.5 Å². The lowest BCUT2D eigenvalue weighted by Gasteiger charge is -2.10. The summed E-state index contributed by atoms with van der Waals surface area (Å²) in [6.45, 7) is 0. The van der Waals surface area contributed by atoms with Crippen molar-refractivity contribution < 1.29 is 4.42 Å². The largest absolute Gasteiger partial charge is 0.452 e. The van der Waals surface area contributed by atoms with E-state index >= 15 is 0 Å². The molecule has 46 heavy (non-hydrogen) atoms. The molecule has 6 aromatic carbocycles. The summed E-state index contributed by atoms with van der Waals surface area (Å²) >= 11 is 3.63. The number of furan rings is 1. The fraction of sp³-hybridized carbons (Fsp3) is 0. The molecule has 0 amide bonds. The van der Waals surface area contributed by atoms with Crippen LogP contribution in [0.4, 0.5) is 0 Å². The summed E-state index contributed by atoms with van der Waals surface area (Å²) in [5, 5.41) is 8.43. The van der Waals surface area contributed by atoms with Crippen molar-refractivity contribution in [1.29, 1.82) is 0 Å². The van der Waals surface area contributed by atoms with Crippen molar-refractivity contribution >= 4 is 107 Å². The van der Waals surface area contributed by atoms with Gasteiger partial charge < -0.3 is 4.42 Å². The average Bonchev–Trinajstić information content (AvgIpc) is 3.85. The van der Waals surface area contributed by atoms with E-state index in [9.17, 15) is 0 Å². The first kappa shape index (κ1) is 24.7. The summed E-state index contributed by atoms with van der Waals surface area (Å²) in [4.78, 5) is 10.7. The van der Waals surface area contributed by atoms with E-state index < -0.39 is 0 Å². The molecule has 0 unspecified atom stereocenters. The van der Waals surface area contributed by atoms with Crippen molar-refractivity contribution in [3.63, 3.8) is 0 Å². The smallest absolute Gasteiger partial charge is 0.236 e. The van der Waals surface area contributed by atoms with Crippen LogP contribution in [0.3, 0.4) is 0 Å². The average molecular weight is 624 g/mol. The first-order valence-electron chi connectivity index (χ1n) is 15.2. The van der Waals surface area contributed by atoms with Gasteiger partial charge in [-0.25, -0.2) is 9.97 Å². The Morgan fingerprint density at radius 3 is 2.07 bits per heavy atom. The SMILES string of the molecule is c1ccc2c(c1)oc1c(-c3cccc4c3sc3ccccc34)nc(-n3c4ccccc4c4cc5c(cc43)sc3ccccc35)nc12. The monoisotopic (exact) mass is 623 g/mol. The van der Waals surface area contributed by atoms with Gasteiger partial charge in [-0.2, -0.15) is 0 Å². The lowest BCUT2D eigenvalue weighted by Crippen LogP contribution is -2.02. The zero-order valence-corrected chi connectivity index (χ0v) is 25.8. The van der Waals surface area contributed by atoms with Crippen molar-refractivity contribution in [2.24, 2.45) is 0 Å². The van der Waals surface area contributed by atoms with Crippen LogP contribution in [0.1, 0.15) is 0 Å². The molecule has 0 aliphatic rings. The minimum atomic E-state index is 0.638. The molecule has 5 heterocycles. The van der Waals surface area contributed by atoms with Crippen LogP contribution in [-0.2, 0) is 0 Å². The highest BCUT2D eigenvalue weighted by atomic mass is 32.1. The fourth-order valence-electron chi connectivity index (χ4n) is 7.20. The van der Waals surface area contributed by atoms with E-state index in [0.717, 1.165) is 38.8 Å². The maximum Gasteiger partial charge on any atom is 0.236 e. The molecule has 5 aromatic heterocycles. The van der Waals surface area contributed by atoms with E-state index in [4.69, 9.17) is 14.4 Å². The molecule has 0 N–H and O–H groups in total. The molecule has 0 atom stereocenters. The Morgan fingerprint density at radius 2 is 1.20 bits per heavy atom. The van der Waals surface area contributed by atoms with Crippen molar-refractivity contribution in [2.75, 3.05) is 0 Å². The molecular weight excluding hydrogens is 603 g/mol. The number of para-hydroxylation sites is 2. The van der Waals surface area contributed by atoms with E-state index in [-0.39, 0.29) is 0 Å². The van der Waals surface area contributed by atoms with Crippen LogP contribution in [0.15, 0.2) is 132 Å². The van der Waals surface area contributed by atoms with Gasteiger partial charge in [-0.15, -0.1) is 22.7 Å². The Hall–Kier alpha value is -5.56. The highest BCUT2D eigenvalue weighted by Gasteiger charge is 2.23. The fourth-order valence-corrected chi connectivity index (χ4v) is 9.54. The zero-order chi connectivity index (χ0) is 29.9. The lowest BCUT2D eigenvalue weighted by atomic mass is 10.1. The molecule has 0 saturated heterocycles. The summed E-state index contributed by atoms with van der Waals surface area (Å²) in [6.07, 6.45) is 0.